The maximum Gasteiger partial charge on any atom is 0.208 e. The number of benzene rings is 1. The summed E-state index contributed by atoms with van der Waals surface area (Å²) in [6, 6.07) is 6.56. The quantitative estimate of drug-likeness (QED) is 0.512. The van der Waals surface area contributed by atoms with Gasteiger partial charge in [0.25, 0.3) is 0 Å². The molecule has 0 amide bonds. The van der Waals surface area contributed by atoms with Gasteiger partial charge in [0.05, 0.1) is 24.0 Å². The molecule has 8 nitrogen and oxygen atoms in total. The molecule has 23 heavy (non-hydrogen) atoms. The second-order valence-electron chi connectivity index (χ2n) is 5.39. The highest BCUT2D eigenvalue weighted by Gasteiger charge is 2.57. The first-order valence-electron chi connectivity index (χ1n) is 6.86. The molecule has 3 rings (SSSR count). The van der Waals surface area contributed by atoms with Crippen LogP contribution in [0.15, 0.2) is 30.5 Å². The summed E-state index contributed by atoms with van der Waals surface area (Å²) in [5.41, 5.74) is -1.98. The highest BCUT2D eigenvalue weighted by molar-refractivity contribution is 6.07. The summed E-state index contributed by atoms with van der Waals surface area (Å²) in [7, 11) is 0. The van der Waals surface area contributed by atoms with Crippen molar-refractivity contribution in [1.29, 1.82) is 0 Å². The van der Waals surface area contributed by atoms with Crippen molar-refractivity contribution >= 4 is 22.8 Å². The van der Waals surface area contributed by atoms with Crippen LogP contribution in [0.25, 0.3) is 10.9 Å². The lowest BCUT2D eigenvalue weighted by Crippen LogP contribution is -2.67. The van der Waals surface area contributed by atoms with Crippen molar-refractivity contribution < 1.29 is 34.6 Å². The molecule has 0 saturated carbocycles. The van der Waals surface area contributed by atoms with Crippen LogP contribution in [-0.2, 0) is 14.8 Å². The average molecular weight is 346 g/mol. The maximum absolute atomic E-state index is 11.0. The summed E-state index contributed by atoms with van der Waals surface area (Å²) < 4.78 is 10.7. The first-order valence-corrected chi connectivity index (χ1v) is 7.17. The van der Waals surface area contributed by atoms with E-state index in [1.807, 2.05) is 0 Å². The first-order chi connectivity index (χ1) is 10.9. The molecule has 2 aromatic rings. The summed E-state index contributed by atoms with van der Waals surface area (Å²) in [5.74, 6) is -0.149. The number of aromatic nitrogens is 1. The number of halogens is 1. The van der Waals surface area contributed by atoms with Gasteiger partial charge < -0.3 is 34.8 Å². The van der Waals surface area contributed by atoms with Gasteiger partial charge in [-0.15, -0.1) is 0 Å². The number of rotatable bonds is 3. The molecule has 0 bridgehead atoms. The lowest BCUT2D eigenvalue weighted by Gasteiger charge is -2.47. The van der Waals surface area contributed by atoms with Crippen molar-refractivity contribution in [1.82, 2.24) is 4.57 Å². The van der Waals surface area contributed by atoms with Gasteiger partial charge in [-0.05, 0) is 12.1 Å². The van der Waals surface area contributed by atoms with Crippen molar-refractivity contribution in [3.8, 4) is 5.75 Å². The molecule has 5 atom stereocenters. The fourth-order valence-corrected chi connectivity index (χ4v) is 3.07. The monoisotopic (exact) mass is 345 g/mol. The molecule has 1 fully saturated rings. The number of hydrogen-bond acceptors (Lipinski definition) is 7. The van der Waals surface area contributed by atoms with E-state index in [-0.39, 0.29) is 5.75 Å². The third kappa shape index (κ3) is 2.31. The number of aromatic hydroxyl groups is 1. The van der Waals surface area contributed by atoms with Crippen LogP contribution in [0.5, 0.6) is 5.75 Å². The Morgan fingerprint density at radius 1 is 1.26 bits per heavy atom. The van der Waals surface area contributed by atoms with E-state index < -0.39 is 36.9 Å². The lowest BCUT2D eigenvalue weighted by atomic mass is 9.91. The van der Waals surface area contributed by atoms with E-state index in [9.17, 15) is 25.5 Å². The Balaban J connectivity index is 2.19. The van der Waals surface area contributed by atoms with Gasteiger partial charge in [-0.1, -0.05) is 12.1 Å². The first kappa shape index (κ1) is 16.5. The molecular weight excluding hydrogens is 330 g/mol. The van der Waals surface area contributed by atoms with Gasteiger partial charge >= 0.3 is 0 Å². The van der Waals surface area contributed by atoms with Crippen LogP contribution < -0.4 is 0 Å². The standard InChI is InChI=1S/C14H16ClNO7/c15-23-13-12(20)14(21,11(19)10(6-17)22-13)16-5-9(18)7-3-1-2-4-8(7)16/h1-5,10-13,17-21H,6H2/t10-,11+,12+,13-,14+/m1/s1. The molecule has 9 heteroatoms. The predicted molar refractivity (Wildman–Crippen MR) is 78.5 cm³/mol. The number of para-hydroxylation sites is 1. The average Bonchev–Trinajstić information content (AvgIpc) is 2.91. The summed E-state index contributed by atoms with van der Waals surface area (Å²) in [5, 5.41) is 51.5. The Kier molecular flexibility index (Phi) is 4.23. The zero-order chi connectivity index (χ0) is 16.8. The molecule has 126 valence electrons. The van der Waals surface area contributed by atoms with Crippen LogP contribution in [0.3, 0.4) is 0 Å². The highest BCUT2D eigenvalue weighted by atomic mass is 35.5. The fourth-order valence-electron chi connectivity index (χ4n) is 2.93. The Morgan fingerprint density at radius 3 is 2.61 bits per heavy atom. The van der Waals surface area contributed by atoms with Crippen molar-refractivity contribution in [3.63, 3.8) is 0 Å². The fraction of sp³-hybridized carbons (Fsp3) is 0.429. The van der Waals surface area contributed by atoms with Crippen molar-refractivity contribution in [2.45, 2.75) is 30.3 Å². The van der Waals surface area contributed by atoms with E-state index in [1.54, 1.807) is 24.3 Å². The Morgan fingerprint density at radius 2 is 1.96 bits per heavy atom. The third-order valence-electron chi connectivity index (χ3n) is 4.13. The minimum Gasteiger partial charge on any atom is -0.506 e. The Bertz CT molecular complexity index is 689. The van der Waals surface area contributed by atoms with E-state index in [2.05, 4.69) is 4.29 Å². The van der Waals surface area contributed by atoms with Crippen molar-refractivity contribution in [3.05, 3.63) is 30.5 Å². The van der Waals surface area contributed by atoms with Crippen molar-refractivity contribution in [2.75, 3.05) is 6.61 Å². The summed E-state index contributed by atoms with van der Waals surface area (Å²) in [6.07, 6.45) is -5.07. The van der Waals surface area contributed by atoms with Gasteiger partial charge in [0.15, 0.2) is 6.10 Å². The third-order valence-corrected chi connectivity index (χ3v) is 4.31. The minimum atomic E-state index is -2.34. The van der Waals surface area contributed by atoms with Crippen LogP contribution in [-0.4, -0.2) is 61.3 Å². The minimum absolute atomic E-state index is 0.149. The molecular formula is C14H16ClNO7. The maximum atomic E-state index is 11.0. The van der Waals surface area contributed by atoms with Crippen LogP contribution in [0.4, 0.5) is 0 Å². The summed E-state index contributed by atoms with van der Waals surface area (Å²) >= 11 is 5.27. The normalized spacial score (nSPS) is 34.8. The molecule has 0 radical (unpaired) electrons. The Labute approximate surface area is 135 Å². The molecule has 0 spiro atoms. The number of aliphatic hydroxyl groups is 4. The molecule has 0 unspecified atom stereocenters. The number of aliphatic hydroxyl groups excluding tert-OH is 3. The van der Waals surface area contributed by atoms with Crippen molar-refractivity contribution in [2.24, 2.45) is 0 Å². The second kappa shape index (κ2) is 5.91. The molecule has 1 saturated heterocycles. The van der Waals surface area contributed by atoms with E-state index in [0.717, 1.165) is 4.57 Å². The van der Waals surface area contributed by atoms with Gasteiger partial charge in [0.1, 0.15) is 18.0 Å². The van der Waals surface area contributed by atoms with E-state index >= 15 is 0 Å². The largest absolute Gasteiger partial charge is 0.506 e. The van der Waals surface area contributed by atoms with Crippen LogP contribution in [0.2, 0.25) is 0 Å². The van der Waals surface area contributed by atoms with E-state index in [1.165, 1.54) is 6.20 Å². The SMILES string of the molecule is OC[C@H]1O[C@H](OCl)[C@H](O)[C@](O)(n2cc(O)c3ccccc32)[C@H]1O. The molecule has 1 aliphatic heterocycles. The number of hydrogen-bond donors (Lipinski definition) is 5. The molecule has 1 aliphatic rings. The smallest absolute Gasteiger partial charge is 0.208 e. The van der Waals surface area contributed by atoms with Gasteiger partial charge in [-0.3, -0.25) is 0 Å². The Hall–Kier alpha value is -1.39. The lowest BCUT2D eigenvalue weighted by molar-refractivity contribution is -0.340. The zero-order valence-electron chi connectivity index (χ0n) is 11.8. The molecule has 2 heterocycles. The van der Waals surface area contributed by atoms with Crippen LogP contribution in [0.1, 0.15) is 0 Å². The highest BCUT2D eigenvalue weighted by Crippen LogP contribution is 2.39. The second-order valence-corrected chi connectivity index (χ2v) is 5.57. The van der Waals surface area contributed by atoms with E-state index in [0.29, 0.717) is 10.9 Å². The molecule has 1 aromatic heterocycles. The summed E-state index contributed by atoms with van der Waals surface area (Å²) in [6.45, 7) is -0.641. The number of fused-ring (bicyclic) bond motifs is 1. The van der Waals surface area contributed by atoms with Gasteiger partial charge in [0.2, 0.25) is 12.0 Å². The molecule has 5 N–H and O–H groups in total. The van der Waals surface area contributed by atoms with Gasteiger partial charge in [0, 0.05) is 11.6 Å². The predicted octanol–water partition coefficient (Wildman–Crippen LogP) is -0.399. The van der Waals surface area contributed by atoms with Crippen LogP contribution in [0, 0.1) is 0 Å². The molecule has 0 aliphatic carbocycles. The van der Waals surface area contributed by atoms with E-state index in [4.69, 9.17) is 16.6 Å². The molecule has 1 aromatic carbocycles. The topological polar surface area (TPSA) is 125 Å². The number of nitrogens with zero attached hydrogens (tertiary/aromatic N) is 1. The van der Waals surface area contributed by atoms with Gasteiger partial charge in [-0.2, -0.15) is 0 Å². The van der Waals surface area contributed by atoms with Crippen LogP contribution >= 0.6 is 11.9 Å². The van der Waals surface area contributed by atoms with Gasteiger partial charge in [-0.25, -0.2) is 4.29 Å². The summed E-state index contributed by atoms with van der Waals surface area (Å²) in [4.78, 5) is 0. The number of ether oxygens (including phenoxy) is 1. The zero-order valence-corrected chi connectivity index (χ0v) is 12.5.